The number of nitrogens with zero attached hydrogens (tertiary/aromatic N) is 2. The lowest BCUT2D eigenvalue weighted by Crippen LogP contribution is -2.20. The fraction of sp³-hybridized carbons (Fsp3) is 0.182. The van der Waals surface area contributed by atoms with Gasteiger partial charge in [-0.25, -0.2) is 4.39 Å². The molecule has 0 N–H and O–H groups in total. The van der Waals surface area contributed by atoms with Crippen molar-refractivity contribution in [2.45, 2.75) is 0 Å². The molecule has 0 bridgehead atoms. The lowest BCUT2D eigenvalue weighted by molar-refractivity contribution is 0.521. The van der Waals surface area contributed by atoms with Crippen LogP contribution in [0.15, 0.2) is 35.6 Å². The third-order valence-electron chi connectivity index (χ3n) is 2.28. The summed E-state index contributed by atoms with van der Waals surface area (Å²) < 4.78 is 13.5. The quantitative estimate of drug-likeness (QED) is 0.729. The van der Waals surface area contributed by atoms with E-state index in [1.54, 1.807) is 18.3 Å². The van der Waals surface area contributed by atoms with E-state index in [1.165, 1.54) is 6.20 Å². The molecule has 1 aromatic rings. The molecule has 78 valence electrons. The molecule has 2 nitrogen and oxygen atoms in total. The topological polar surface area (TPSA) is 16.1 Å². The normalized spacial score (nSPS) is 16.1. The van der Waals surface area contributed by atoms with Gasteiger partial charge in [0.05, 0.1) is 16.9 Å². The van der Waals surface area contributed by atoms with E-state index in [0.717, 1.165) is 6.54 Å². The van der Waals surface area contributed by atoms with Gasteiger partial charge in [0.1, 0.15) is 0 Å². The van der Waals surface area contributed by atoms with E-state index in [2.05, 4.69) is 4.98 Å². The van der Waals surface area contributed by atoms with Gasteiger partial charge in [-0.05, 0) is 12.1 Å². The van der Waals surface area contributed by atoms with E-state index in [0.29, 0.717) is 16.3 Å². The fourth-order valence-corrected chi connectivity index (χ4v) is 1.90. The van der Waals surface area contributed by atoms with Gasteiger partial charge in [0.2, 0.25) is 0 Å². The molecular formula is C11H10ClFN2. The van der Waals surface area contributed by atoms with Crippen molar-refractivity contribution in [3.05, 3.63) is 47.0 Å². The van der Waals surface area contributed by atoms with Gasteiger partial charge in [-0.1, -0.05) is 17.7 Å². The maximum Gasteiger partial charge on any atom is 0.150 e. The largest absolute Gasteiger partial charge is 0.369 e. The van der Waals surface area contributed by atoms with E-state index >= 15 is 0 Å². The van der Waals surface area contributed by atoms with Crippen LogP contribution in [0.2, 0.25) is 0 Å². The Morgan fingerprint density at radius 3 is 3.00 bits per heavy atom. The molecule has 1 aliphatic rings. The molecule has 0 spiro atoms. The summed E-state index contributed by atoms with van der Waals surface area (Å²) in [5, 5.41) is 0.550. The number of hydrogen-bond acceptors (Lipinski definition) is 2. The number of halogens is 2. The van der Waals surface area contributed by atoms with Gasteiger partial charge < -0.3 is 4.90 Å². The van der Waals surface area contributed by atoms with Gasteiger partial charge in [-0.2, -0.15) is 0 Å². The Morgan fingerprint density at radius 2 is 2.33 bits per heavy atom. The van der Waals surface area contributed by atoms with Crippen molar-refractivity contribution in [3.63, 3.8) is 0 Å². The molecule has 0 aliphatic carbocycles. The monoisotopic (exact) mass is 224 g/mol. The second kappa shape index (κ2) is 4.03. The standard InChI is InChI=1S/C11H10ClFN2/c1-15-6-2-3-9(12)11(15)8-4-5-14-7-10(8)13/h2-5,7H,6H2,1H3. The molecule has 2 heterocycles. The van der Waals surface area contributed by atoms with Gasteiger partial charge in [0.25, 0.3) is 0 Å². The van der Waals surface area contributed by atoms with Crippen LogP contribution in [0.1, 0.15) is 5.56 Å². The molecule has 0 fully saturated rings. The van der Waals surface area contributed by atoms with Gasteiger partial charge in [-0.3, -0.25) is 4.98 Å². The van der Waals surface area contributed by atoms with E-state index in [-0.39, 0.29) is 5.82 Å². The maximum atomic E-state index is 13.5. The van der Waals surface area contributed by atoms with Crippen LogP contribution in [0, 0.1) is 5.82 Å². The first-order valence-electron chi connectivity index (χ1n) is 4.57. The molecule has 1 aliphatic heterocycles. The van der Waals surface area contributed by atoms with Crippen molar-refractivity contribution in [2.24, 2.45) is 0 Å². The molecule has 15 heavy (non-hydrogen) atoms. The number of rotatable bonds is 1. The predicted molar refractivity (Wildman–Crippen MR) is 58.7 cm³/mol. The molecule has 0 aromatic carbocycles. The summed E-state index contributed by atoms with van der Waals surface area (Å²) >= 11 is 6.05. The predicted octanol–water partition coefficient (Wildman–Crippen LogP) is 2.63. The summed E-state index contributed by atoms with van der Waals surface area (Å²) in [5.41, 5.74) is 1.20. The third kappa shape index (κ3) is 1.88. The molecule has 0 unspecified atom stereocenters. The van der Waals surface area contributed by atoms with Gasteiger partial charge in [0, 0.05) is 25.4 Å². The molecule has 0 saturated heterocycles. The highest BCUT2D eigenvalue weighted by Gasteiger charge is 2.17. The highest BCUT2D eigenvalue weighted by atomic mass is 35.5. The number of allylic oxidation sites excluding steroid dienone is 2. The second-order valence-corrected chi connectivity index (χ2v) is 3.74. The second-order valence-electron chi connectivity index (χ2n) is 3.33. The first-order valence-corrected chi connectivity index (χ1v) is 4.95. The molecule has 0 radical (unpaired) electrons. The lowest BCUT2D eigenvalue weighted by atomic mass is 10.1. The van der Waals surface area contributed by atoms with Crippen LogP contribution < -0.4 is 0 Å². The minimum Gasteiger partial charge on any atom is -0.369 e. The van der Waals surface area contributed by atoms with Crippen LogP contribution in [0.4, 0.5) is 4.39 Å². The summed E-state index contributed by atoms with van der Waals surface area (Å²) in [6.07, 6.45) is 6.47. The van der Waals surface area contributed by atoms with Crippen molar-refractivity contribution in [3.8, 4) is 0 Å². The Labute approximate surface area is 92.7 Å². The summed E-state index contributed by atoms with van der Waals surface area (Å²) in [4.78, 5) is 5.62. The zero-order chi connectivity index (χ0) is 10.8. The van der Waals surface area contributed by atoms with Crippen LogP contribution in [0.3, 0.4) is 0 Å². The number of likely N-dealkylation sites (N-methyl/N-ethyl adjacent to an activating group) is 1. The summed E-state index contributed by atoms with van der Waals surface area (Å²) in [5.74, 6) is -0.354. The SMILES string of the molecule is CN1CC=CC(Cl)=C1c1ccncc1F. The van der Waals surface area contributed by atoms with E-state index in [1.807, 2.05) is 18.0 Å². The third-order valence-corrected chi connectivity index (χ3v) is 2.58. The first kappa shape index (κ1) is 10.2. The average molecular weight is 225 g/mol. The lowest BCUT2D eigenvalue weighted by Gasteiger charge is -2.25. The highest BCUT2D eigenvalue weighted by molar-refractivity contribution is 6.34. The van der Waals surface area contributed by atoms with Crippen molar-refractivity contribution >= 4 is 17.3 Å². The Balaban J connectivity index is 2.54. The molecule has 2 rings (SSSR count). The smallest absolute Gasteiger partial charge is 0.150 e. The Bertz CT molecular complexity index is 440. The minimum absolute atomic E-state index is 0.354. The van der Waals surface area contributed by atoms with Crippen LogP contribution in [0.5, 0.6) is 0 Å². The van der Waals surface area contributed by atoms with Gasteiger partial charge >= 0.3 is 0 Å². The van der Waals surface area contributed by atoms with Crippen molar-refractivity contribution in [1.82, 2.24) is 9.88 Å². The Morgan fingerprint density at radius 1 is 1.53 bits per heavy atom. The van der Waals surface area contributed by atoms with Gasteiger partial charge in [0.15, 0.2) is 5.82 Å². The number of aromatic nitrogens is 1. The van der Waals surface area contributed by atoms with Crippen molar-refractivity contribution in [1.29, 1.82) is 0 Å². The highest BCUT2D eigenvalue weighted by Crippen LogP contribution is 2.29. The Kier molecular flexibility index (Phi) is 2.73. The van der Waals surface area contributed by atoms with Gasteiger partial charge in [-0.15, -0.1) is 0 Å². The van der Waals surface area contributed by atoms with Crippen molar-refractivity contribution < 1.29 is 4.39 Å². The van der Waals surface area contributed by atoms with Crippen LogP contribution in [0.25, 0.3) is 5.70 Å². The molecule has 0 saturated carbocycles. The molecule has 4 heteroatoms. The molecule has 0 amide bonds. The summed E-state index contributed by atoms with van der Waals surface area (Å²) in [6, 6.07) is 1.63. The molecule has 1 aromatic heterocycles. The van der Waals surface area contributed by atoms with Crippen LogP contribution >= 0.6 is 11.6 Å². The van der Waals surface area contributed by atoms with Crippen LogP contribution in [-0.4, -0.2) is 23.5 Å². The summed E-state index contributed by atoms with van der Waals surface area (Å²) in [6.45, 7) is 0.729. The summed E-state index contributed by atoms with van der Waals surface area (Å²) in [7, 11) is 1.88. The number of pyridine rings is 1. The maximum absolute atomic E-state index is 13.5. The van der Waals surface area contributed by atoms with E-state index in [9.17, 15) is 4.39 Å². The zero-order valence-corrected chi connectivity index (χ0v) is 9.00. The van der Waals surface area contributed by atoms with E-state index in [4.69, 9.17) is 11.6 Å². The Hall–Kier alpha value is -1.35. The first-order chi connectivity index (χ1) is 7.20. The average Bonchev–Trinajstić information content (AvgIpc) is 2.20. The molecule has 0 atom stereocenters. The minimum atomic E-state index is -0.354. The fourth-order valence-electron chi connectivity index (χ4n) is 1.57. The van der Waals surface area contributed by atoms with Crippen LogP contribution in [-0.2, 0) is 0 Å². The zero-order valence-electron chi connectivity index (χ0n) is 8.24. The molecular weight excluding hydrogens is 215 g/mol. The van der Waals surface area contributed by atoms with E-state index < -0.39 is 0 Å². The number of hydrogen-bond donors (Lipinski definition) is 0. The van der Waals surface area contributed by atoms with Crippen molar-refractivity contribution in [2.75, 3.05) is 13.6 Å².